The van der Waals surface area contributed by atoms with Crippen LogP contribution in [0, 0.1) is 0 Å². The standard InChI is InChI=1S/C6H14N2/c1-5(2)8-6(3)7-4/h6-7H,1-4H3. The van der Waals surface area contributed by atoms with Crippen LogP contribution in [0.1, 0.15) is 20.8 Å². The Hall–Kier alpha value is -0.370. The van der Waals surface area contributed by atoms with Crippen LogP contribution >= 0.6 is 0 Å². The Labute approximate surface area is 51.0 Å². The van der Waals surface area contributed by atoms with E-state index >= 15 is 0 Å². The first-order valence-corrected chi connectivity index (χ1v) is 2.85. The van der Waals surface area contributed by atoms with Gasteiger partial charge in [0.25, 0.3) is 0 Å². The van der Waals surface area contributed by atoms with Crippen molar-refractivity contribution in [3.63, 3.8) is 0 Å². The lowest BCUT2D eigenvalue weighted by atomic mass is 10.5. The molecule has 0 aromatic carbocycles. The molecule has 1 N–H and O–H groups in total. The summed E-state index contributed by atoms with van der Waals surface area (Å²) in [5.41, 5.74) is 1.12. The minimum atomic E-state index is 0.264. The molecule has 0 amide bonds. The Balaban J connectivity index is 3.51. The van der Waals surface area contributed by atoms with E-state index in [0.29, 0.717) is 0 Å². The molecule has 2 nitrogen and oxygen atoms in total. The third kappa shape index (κ3) is 3.81. The van der Waals surface area contributed by atoms with E-state index in [1.165, 1.54) is 0 Å². The predicted molar refractivity (Wildman–Crippen MR) is 37.3 cm³/mol. The SMILES string of the molecule is CNC(C)N=C(C)C. The molecule has 0 aromatic rings. The minimum absolute atomic E-state index is 0.264. The van der Waals surface area contributed by atoms with Crippen LogP contribution in [0.3, 0.4) is 0 Å². The van der Waals surface area contributed by atoms with Crippen LogP contribution in [0.2, 0.25) is 0 Å². The van der Waals surface area contributed by atoms with Crippen molar-refractivity contribution < 1.29 is 0 Å². The van der Waals surface area contributed by atoms with E-state index in [4.69, 9.17) is 0 Å². The largest absolute Gasteiger partial charge is 0.299 e. The van der Waals surface area contributed by atoms with Crippen molar-refractivity contribution in [2.75, 3.05) is 7.05 Å². The molecule has 1 atom stereocenters. The Morgan fingerprint density at radius 1 is 1.50 bits per heavy atom. The van der Waals surface area contributed by atoms with Crippen LogP contribution in [0.25, 0.3) is 0 Å². The van der Waals surface area contributed by atoms with Crippen LogP contribution in [-0.2, 0) is 0 Å². The zero-order valence-electron chi connectivity index (χ0n) is 6.02. The first kappa shape index (κ1) is 7.63. The second kappa shape index (κ2) is 3.61. The van der Waals surface area contributed by atoms with E-state index in [-0.39, 0.29) is 6.17 Å². The van der Waals surface area contributed by atoms with Crippen molar-refractivity contribution in [1.82, 2.24) is 5.32 Å². The van der Waals surface area contributed by atoms with Gasteiger partial charge in [0.2, 0.25) is 0 Å². The van der Waals surface area contributed by atoms with Crippen molar-refractivity contribution in [2.45, 2.75) is 26.9 Å². The summed E-state index contributed by atoms with van der Waals surface area (Å²) in [6.07, 6.45) is 0.264. The van der Waals surface area contributed by atoms with Crippen LogP contribution in [0.15, 0.2) is 4.99 Å². The van der Waals surface area contributed by atoms with Gasteiger partial charge in [-0.2, -0.15) is 0 Å². The van der Waals surface area contributed by atoms with Crippen molar-refractivity contribution in [3.8, 4) is 0 Å². The second-order valence-corrected chi connectivity index (χ2v) is 2.04. The molecule has 0 bridgehead atoms. The van der Waals surface area contributed by atoms with Crippen molar-refractivity contribution in [2.24, 2.45) is 4.99 Å². The fourth-order valence-electron chi connectivity index (χ4n) is 0.452. The summed E-state index contributed by atoms with van der Waals surface area (Å²) >= 11 is 0. The van der Waals surface area contributed by atoms with E-state index in [1.54, 1.807) is 0 Å². The van der Waals surface area contributed by atoms with Crippen LogP contribution in [0.4, 0.5) is 0 Å². The summed E-state index contributed by atoms with van der Waals surface area (Å²) < 4.78 is 0. The number of nitrogens with one attached hydrogen (secondary N) is 1. The molecule has 2 heteroatoms. The summed E-state index contributed by atoms with van der Waals surface area (Å²) in [7, 11) is 1.90. The maximum atomic E-state index is 4.20. The van der Waals surface area contributed by atoms with Gasteiger partial charge in [0, 0.05) is 5.71 Å². The predicted octanol–water partition coefficient (Wildman–Crippen LogP) is 1.03. The zero-order chi connectivity index (χ0) is 6.57. The molecule has 48 valence electrons. The molecule has 0 aliphatic carbocycles. The summed E-state index contributed by atoms with van der Waals surface area (Å²) in [6, 6.07) is 0. The normalized spacial score (nSPS) is 13.0. The molecular weight excluding hydrogens is 100 g/mol. The molecule has 0 aliphatic rings. The molecule has 8 heavy (non-hydrogen) atoms. The monoisotopic (exact) mass is 114 g/mol. The van der Waals surface area contributed by atoms with Gasteiger partial charge in [0.15, 0.2) is 0 Å². The lowest BCUT2D eigenvalue weighted by Gasteiger charge is -2.02. The van der Waals surface area contributed by atoms with Gasteiger partial charge in [-0.15, -0.1) is 0 Å². The maximum Gasteiger partial charge on any atom is 0.0962 e. The van der Waals surface area contributed by atoms with E-state index < -0.39 is 0 Å². The van der Waals surface area contributed by atoms with Crippen LogP contribution < -0.4 is 5.32 Å². The topological polar surface area (TPSA) is 24.4 Å². The quantitative estimate of drug-likeness (QED) is 0.533. The molecule has 1 unspecified atom stereocenters. The molecule has 0 heterocycles. The summed E-state index contributed by atoms with van der Waals surface area (Å²) in [5.74, 6) is 0. The Morgan fingerprint density at radius 3 is 2.12 bits per heavy atom. The lowest BCUT2D eigenvalue weighted by Crippen LogP contribution is -2.19. The smallest absolute Gasteiger partial charge is 0.0962 e. The summed E-state index contributed by atoms with van der Waals surface area (Å²) in [6.45, 7) is 6.01. The molecule has 0 rings (SSSR count). The first-order chi connectivity index (χ1) is 3.66. The van der Waals surface area contributed by atoms with Crippen molar-refractivity contribution in [3.05, 3.63) is 0 Å². The van der Waals surface area contributed by atoms with Gasteiger partial charge in [-0.1, -0.05) is 0 Å². The van der Waals surface area contributed by atoms with E-state index in [9.17, 15) is 0 Å². The van der Waals surface area contributed by atoms with E-state index in [2.05, 4.69) is 10.3 Å². The number of hydrogen-bond acceptors (Lipinski definition) is 2. The molecule has 0 radical (unpaired) electrons. The molecule has 0 saturated heterocycles. The highest BCUT2D eigenvalue weighted by Gasteiger charge is 1.88. The summed E-state index contributed by atoms with van der Waals surface area (Å²) in [5, 5.41) is 3.01. The van der Waals surface area contributed by atoms with Gasteiger partial charge in [0.05, 0.1) is 6.17 Å². The summed E-state index contributed by atoms with van der Waals surface area (Å²) in [4.78, 5) is 4.20. The Bertz CT molecular complexity index is 82.5. The second-order valence-electron chi connectivity index (χ2n) is 2.04. The van der Waals surface area contributed by atoms with Gasteiger partial charge in [-0.25, -0.2) is 0 Å². The highest BCUT2D eigenvalue weighted by atomic mass is 15.0. The Morgan fingerprint density at radius 2 is 2.00 bits per heavy atom. The van der Waals surface area contributed by atoms with Gasteiger partial charge in [-0.05, 0) is 27.8 Å². The van der Waals surface area contributed by atoms with Crippen LogP contribution in [-0.4, -0.2) is 18.9 Å². The molecule has 0 fully saturated rings. The third-order valence-corrected chi connectivity index (χ3v) is 0.870. The fraction of sp³-hybridized carbons (Fsp3) is 0.833. The molecule has 0 aliphatic heterocycles. The van der Waals surface area contributed by atoms with E-state index in [0.717, 1.165) is 5.71 Å². The highest BCUT2D eigenvalue weighted by molar-refractivity contribution is 5.79. The number of nitrogens with zero attached hydrogens (tertiary/aromatic N) is 1. The molecular formula is C6H14N2. The van der Waals surface area contributed by atoms with Gasteiger partial charge in [-0.3, -0.25) is 10.3 Å². The number of hydrogen-bond donors (Lipinski definition) is 1. The van der Waals surface area contributed by atoms with Crippen molar-refractivity contribution >= 4 is 5.71 Å². The Kier molecular flexibility index (Phi) is 3.44. The zero-order valence-corrected chi connectivity index (χ0v) is 6.02. The fourth-order valence-corrected chi connectivity index (χ4v) is 0.452. The molecule has 0 saturated carbocycles. The number of rotatable bonds is 2. The van der Waals surface area contributed by atoms with E-state index in [1.807, 2.05) is 27.8 Å². The third-order valence-electron chi connectivity index (χ3n) is 0.870. The molecule has 0 spiro atoms. The van der Waals surface area contributed by atoms with Crippen LogP contribution in [0.5, 0.6) is 0 Å². The van der Waals surface area contributed by atoms with Gasteiger partial charge < -0.3 is 0 Å². The highest BCUT2D eigenvalue weighted by Crippen LogP contribution is 1.82. The van der Waals surface area contributed by atoms with Gasteiger partial charge >= 0.3 is 0 Å². The average molecular weight is 114 g/mol. The van der Waals surface area contributed by atoms with Crippen molar-refractivity contribution in [1.29, 1.82) is 0 Å². The molecule has 0 aromatic heterocycles. The minimum Gasteiger partial charge on any atom is -0.299 e. The number of aliphatic imine (C=N–C) groups is 1. The lowest BCUT2D eigenvalue weighted by molar-refractivity contribution is 0.641. The average Bonchev–Trinajstić information content (AvgIpc) is 1.65. The first-order valence-electron chi connectivity index (χ1n) is 2.85. The van der Waals surface area contributed by atoms with Gasteiger partial charge in [0.1, 0.15) is 0 Å². The maximum absolute atomic E-state index is 4.20.